The average molecular weight is 346 g/mol. The lowest BCUT2D eigenvalue weighted by Gasteiger charge is -2.01. The Morgan fingerprint density at radius 1 is 0.900 bits per heavy atom. The van der Waals surface area contributed by atoms with Crippen molar-refractivity contribution in [1.82, 2.24) is 9.97 Å². The number of hydrogen-bond acceptors (Lipinski definition) is 2. The first-order valence-electron chi connectivity index (χ1n) is 6.08. The molecular weight excluding hydrogens is 336 g/mol. The van der Waals surface area contributed by atoms with E-state index in [-0.39, 0.29) is 0 Å². The van der Waals surface area contributed by atoms with Crippen molar-refractivity contribution in [3.05, 3.63) is 69.4 Å². The fourth-order valence-corrected chi connectivity index (χ4v) is 2.50. The highest BCUT2D eigenvalue weighted by Crippen LogP contribution is 2.20. The normalized spacial score (nSPS) is 11.3. The van der Waals surface area contributed by atoms with Gasteiger partial charge >= 0.3 is 0 Å². The zero-order valence-corrected chi connectivity index (χ0v) is 12.8. The molecule has 0 saturated carbocycles. The summed E-state index contributed by atoms with van der Waals surface area (Å²) in [5.41, 5.74) is 3.39. The predicted octanol–water partition coefficient (Wildman–Crippen LogP) is 5.22. The Hall–Kier alpha value is -1.71. The monoisotopic (exact) mass is 344 g/mol. The van der Waals surface area contributed by atoms with Crippen LogP contribution in [-0.2, 0) is 0 Å². The Morgan fingerprint density at radius 2 is 1.65 bits per heavy atom. The molecule has 0 aliphatic heterocycles. The Balaban J connectivity index is 2.00. The molecule has 0 aliphatic carbocycles. The van der Waals surface area contributed by atoms with E-state index in [4.69, 9.17) is 11.6 Å². The number of rotatable bonds is 2. The van der Waals surface area contributed by atoms with E-state index in [2.05, 4.69) is 25.9 Å². The molecule has 98 valence electrons. The number of para-hydroxylation sites is 2. The summed E-state index contributed by atoms with van der Waals surface area (Å²) in [6.07, 6.45) is 3.85. The minimum Gasteiger partial charge on any atom is -0.244 e. The van der Waals surface area contributed by atoms with Crippen molar-refractivity contribution in [2.24, 2.45) is 0 Å². The summed E-state index contributed by atoms with van der Waals surface area (Å²) in [6, 6.07) is 15.7. The van der Waals surface area contributed by atoms with Gasteiger partial charge in [0.05, 0.1) is 11.0 Å². The van der Waals surface area contributed by atoms with Crippen molar-refractivity contribution in [2.45, 2.75) is 0 Å². The molecule has 2 aromatic carbocycles. The Morgan fingerprint density at radius 3 is 2.40 bits per heavy atom. The summed E-state index contributed by atoms with van der Waals surface area (Å²) >= 11 is 9.61. The minimum atomic E-state index is 0.412. The number of halogens is 2. The molecule has 4 heteroatoms. The van der Waals surface area contributed by atoms with Crippen LogP contribution in [0, 0.1) is 0 Å². The molecule has 0 aliphatic rings. The highest BCUT2D eigenvalue weighted by molar-refractivity contribution is 9.10. The standard InChI is InChI=1S/C16H10BrClN2/c17-12-5-3-4-11(10-12)8-9-15-16(18)20-14-7-2-1-6-13(14)19-15/h1-10H/b9-8+. The lowest BCUT2D eigenvalue weighted by atomic mass is 10.2. The first-order valence-corrected chi connectivity index (χ1v) is 7.25. The smallest absolute Gasteiger partial charge is 0.155 e. The van der Waals surface area contributed by atoms with Crippen molar-refractivity contribution in [3.8, 4) is 0 Å². The van der Waals surface area contributed by atoms with Crippen molar-refractivity contribution >= 4 is 50.7 Å². The summed E-state index contributed by atoms with van der Waals surface area (Å²) in [7, 11) is 0. The molecular formula is C16H10BrClN2. The van der Waals surface area contributed by atoms with Crippen LogP contribution in [0.5, 0.6) is 0 Å². The van der Waals surface area contributed by atoms with Crippen LogP contribution < -0.4 is 0 Å². The van der Waals surface area contributed by atoms with Crippen molar-refractivity contribution in [2.75, 3.05) is 0 Å². The molecule has 0 spiro atoms. The van der Waals surface area contributed by atoms with E-state index in [9.17, 15) is 0 Å². The van der Waals surface area contributed by atoms with Gasteiger partial charge in [-0.15, -0.1) is 0 Å². The van der Waals surface area contributed by atoms with Gasteiger partial charge in [0.1, 0.15) is 5.69 Å². The number of benzene rings is 2. The molecule has 2 nitrogen and oxygen atoms in total. The van der Waals surface area contributed by atoms with Crippen LogP contribution in [0.15, 0.2) is 53.0 Å². The van der Waals surface area contributed by atoms with Crippen molar-refractivity contribution in [3.63, 3.8) is 0 Å². The fourth-order valence-electron chi connectivity index (χ4n) is 1.88. The van der Waals surface area contributed by atoms with E-state index >= 15 is 0 Å². The van der Waals surface area contributed by atoms with Gasteiger partial charge in [-0.25, -0.2) is 9.97 Å². The van der Waals surface area contributed by atoms with Gasteiger partial charge < -0.3 is 0 Å². The molecule has 0 unspecified atom stereocenters. The first kappa shape index (κ1) is 13.3. The highest BCUT2D eigenvalue weighted by atomic mass is 79.9. The summed E-state index contributed by atoms with van der Waals surface area (Å²) in [5.74, 6) is 0. The molecule has 0 atom stereocenters. The van der Waals surface area contributed by atoms with E-state index in [1.54, 1.807) is 0 Å². The number of aromatic nitrogens is 2. The molecule has 0 saturated heterocycles. The third-order valence-electron chi connectivity index (χ3n) is 2.83. The third kappa shape index (κ3) is 2.89. The maximum atomic E-state index is 6.17. The lowest BCUT2D eigenvalue weighted by Crippen LogP contribution is -1.89. The van der Waals surface area contributed by atoms with Crippen LogP contribution in [-0.4, -0.2) is 9.97 Å². The summed E-state index contributed by atoms with van der Waals surface area (Å²) in [6.45, 7) is 0. The molecule has 1 heterocycles. The second-order valence-electron chi connectivity index (χ2n) is 4.28. The fraction of sp³-hybridized carbons (Fsp3) is 0. The van der Waals surface area contributed by atoms with Gasteiger partial charge in [-0.2, -0.15) is 0 Å². The topological polar surface area (TPSA) is 25.8 Å². The Kier molecular flexibility index (Phi) is 3.81. The van der Waals surface area contributed by atoms with E-state index in [1.807, 2.05) is 60.7 Å². The number of fused-ring (bicyclic) bond motifs is 1. The number of nitrogens with zero attached hydrogens (tertiary/aromatic N) is 2. The van der Waals surface area contributed by atoms with E-state index < -0.39 is 0 Å². The van der Waals surface area contributed by atoms with Gasteiger partial charge in [0.25, 0.3) is 0 Å². The summed E-state index contributed by atoms with van der Waals surface area (Å²) in [5, 5.41) is 0.412. The molecule has 0 N–H and O–H groups in total. The molecule has 1 aromatic heterocycles. The molecule has 0 radical (unpaired) electrons. The van der Waals surface area contributed by atoms with Crippen LogP contribution >= 0.6 is 27.5 Å². The second kappa shape index (κ2) is 5.73. The first-order chi connectivity index (χ1) is 9.72. The van der Waals surface area contributed by atoms with Crippen molar-refractivity contribution < 1.29 is 0 Å². The molecule has 3 rings (SSSR count). The zero-order chi connectivity index (χ0) is 13.9. The van der Waals surface area contributed by atoms with E-state index in [0.717, 1.165) is 21.1 Å². The summed E-state index contributed by atoms with van der Waals surface area (Å²) in [4.78, 5) is 8.87. The average Bonchev–Trinajstić information content (AvgIpc) is 2.45. The third-order valence-corrected chi connectivity index (χ3v) is 3.61. The van der Waals surface area contributed by atoms with Gasteiger partial charge in [-0.05, 0) is 35.9 Å². The Bertz CT molecular complexity index is 799. The zero-order valence-electron chi connectivity index (χ0n) is 10.4. The van der Waals surface area contributed by atoms with Crippen LogP contribution in [0.3, 0.4) is 0 Å². The SMILES string of the molecule is Clc1nc2ccccc2nc1/C=C/c1cccc(Br)c1. The van der Waals surface area contributed by atoms with Gasteiger partial charge in [0, 0.05) is 4.47 Å². The largest absolute Gasteiger partial charge is 0.244 e. The molecule has 20 heavy (non-hydrogen) atoms. The number of hydrogen-bond donors (Lipinski definition) is 0. The maximum Gasteiger partial charge on any atom is 0.155 e. The van der Waals surface area contributed by atoms with Gasteiger partial charge in [0.2, 0.25) is 0 Å². The van der Waals surface area contributed by atoms with Gasteiger partial charge in [-0.3, -0.25) is 0 Å². The Labute approximate surface area is 130 Å². The maximum absolute atomic E-state index is 6.17. The van der Waals surface area contributed by atoms with E-state index in [1.165, 1.54) is 0 Å². The lowest BCUT2D eigenvalue weighted by molar-refractivity contribution is 1.27. The van der Waals surface area contributed by atoms with Gasteiger partial charge in [-0.1, -0.05) is 57.9 Å². The quantitative estimate of drug-likeness (QED) is 0.636. The van der Waals surface area contributed by atoms with E-state index in [0.29, 0.717) is 10.8 Å². The molecule has 0 fully saturated rings. The molecule has 0 bridgehead atoms. The second-order valence-corrected chi connectivity index (χ2v) is 5.55. The highest BCUT2D eigenvalue weighted by Gasteiger charge is 2.03. The predicted molar refractivity (Wildman–Crippen MR) is 87.6 cm³/mol. The van der Waals surface area contributed by atoms with Crippen LogP contribution in [0.1, 0.15) is 11.3 Å². The minimum absolute atomic E-state index is 0.412. The van der Waals surface area contributed by atoms with Crippen LogP contribution in [0.4, 0.5) is 0 Å². The van der Waals surface area contributed by atoms with Crippen molar-refractivity contribution in [1.29, 1.82) is 0 Å². The molecule has 0 amide bonds. The van der Waals surface area contributed by atoms with Crippen LogP contribution in [0.25, 0.3) is 23.2 Å². The van der Waals surface area contributed by atoms with Gasteiger partial charge in [0.15, 0.2) is 5.15 Å². The molecule has 3 aromatic rings. The van der Waals surface area contributed by atoms with Crippen LogP contribution in [0.2, 0.25) is 5.15 Å². The summed E-state index contributed by atoms with van der Waals surface area (Å²) < 4.78 is 1.04.